The molecule has 1 atom stereocenters. The maximum Gasteiger partial charge on any atom is 0.335 e. The van der Waals surface area contributed by atoms with E-state index in [4.69, 9.17) is 50.0 Å². The van der Waals surface area contributed by atoms with Crippen molar-refractivity contribution in [1.29, 1.82) is 0 Å². The van der Waals surface area contributed by atoms with E-state index < -0.39 is 5.97 Å². The van der Waals surface area contributed by atoms with Gasteiger partial charge in [-0.05, 0) is 92.9 Å². The molecule has 11 heteroatoms. The molecular formula is C34H38Cl2N2O5S2. The Kier molecular flexibility index (Phi) is 13.4. The van der Waals surface area contributed by atoms with Gasteiger partial charge in [-0.1, -0.05) is 73.2 Å². The van der Waals surface area contributed by atoms with Crippen molar-refractivity contribution in [3.8, 4) is 11.5 Å². The van der Waals surface area contributed by atoms with Crippen molar-refractivity contribution in [3.05, 3.63) is 86.3 Å². The third-order valence-corrected chi connectivity index (χ3v) is 9.41. The van der Waals surface area contributed by atoms with Crippen molar-refractivity contribution in [3.63, 3.8) is 0 Å². The number of carbonyl (C=O) groups excluding carboxylic acids is 1. The number of amides is 1. The first-order chi connectivity index (χ1) is 21.7. The van der Waals surface area contributed by atoms with Crippen LogP contribution < -0.4 is 9.47 Å². The fraction of sp³-hybridized carbons (Fsp3) is 0.382. The number of thioether (sulfide) groups is 1. The molecule has 1 aliphatic heterocycles. The van der Waals surface area contributed by atoms with Crippen LogP contribution in [0.4, 0.5) is 0 Å². The molecule has 1 amide bonds. The lowest BCUT2D eigenvalue weighted by Crippen LogP contribution is -2.30. The highest BCUT2D eigenvalue weighted by molar-refractivity contribution is 8.26. The van der Waals surface area contributed by atoms with Gasteiger partial charge < -0.3 is 14.6 Å². The first-order valence-electron chi connectivity index (χ1n) is 15.1. The highest BCUT2D eigenvalue weighted by atomic mass is 35.5. The van der Waals surface area contributed by atoms with E-state index in [-0.39, 0.29) is 17.4 Å². The lowest BCUT2D eigenvalue weighted by Gasteiger charge is -2.22. The summed E-state index contributed by atoms with van der Waals surface area (Å²) in [7, 11) is 0. The molecule has 2 aromatic rings. The van der Waals surface area contributed by atoms with Gasteiger partial charge in [-0.15, -0.1) is 0 Å². The van der Waals surface area contributed by atoms with Crippen molar-refractivity contribution in [2.75, 3.05) is 39.4 Å². The summed E-state index contributed by atoms with van der Waals surface area (Å²) in [4.78, 5) is 29.0. The van der Waals surface area contributed by atoms with E-state index in [1.165, 1.54) is 23.9 Å². The third kappa shape index (κ3) is 9.83. The Balaban J connectivity index is 1.46. The first-order valence-corrected chi connectivity index (χ1v) is 17.1. The fourth-order valence-corrected chi connectivity index (χ4v) is 7.05. The van der Waals surface area contributed by atoms with Crippen LogP contribution in [0.2, 0.25) is 0 Å². The van der Waals surface area contributed by atoms with Crippen LogP contribution in [0.3, 0.4) is 0 Å². The summed E-state index contributed by atoms with van der Waals surface area (Å²) in [5, 5.41) is 10.4. The van der Waals surface area contributed by atoms with Crippen molar-refractivity contribution < 1.29 is 24.2 Å². The minimum Gasteiger partial charge on any atom is -0.494 e. The van der Waals surface area contributed by atoms with Gasteiger partial charge in [0.1, 0.15) is 22.4 Å². The average molecular weight is 690 g/mol. The van der Waals surface area contributed by atoms with Gasteiger partial charge in [0, 0.05) is 34.6 Å². The Bertz CT molecular complexity index is 1470. The van der Waals surface area contributed by atoms with Crippen LogP contribution in [0.1, 0.15) is 66.9 Å². The topological polar surface area (TPSA) is 79.3 Å². The van der Waals surface area contributed by atoms with Crippen LogP contribution in [-0.4, -0.2) is 70.5 Å². The summed E-state index contributed by atoms with van der Waals surface area (Å²) in [5.74, 6) is 0.0839. The Morgan fingerprint density at radius 1 is 1.09 bits per heavy atom. The minimum absolute atomic E-state index is 0.0326. The number of carboxylic acids is 1. The number of hydrogen-bond acceptors (Lipinski definition) is 7. The van der Waals surface area contributed by atoms with Crippen molar-refractivity contribution in [1.82, 2.24) is 9.80 Å². The zero-order valence-corrected chi connectivity index (χ0v) is 28.6. The van der Waals surface area contributed by atoms with E-state index in [9.17, 15) is 9.59 Å². The maximum atomic E-state index is 13.5. The Hall–Kier alpha value is -2.82. The van der Waals surface area contributed by atoms with Crippen molar-refractivity contribution >= 4 is 69.5 Å². The van der Waals surface area contributed by atoms with Gasteiger partial charge in [0.25, 0.3) is 5.91 Å². The van der Waals surface area contributed by atoms with E-state index in [1.54, 1.807) is 23.1 Å². The lowest BCUT2D eigenvalue weighted by molar-refractivity contribution is -0.122. The molecule has 1 N–H and O–H groups in total. The summed E-state index contributed by atoms with van der Waals surface area (Å²) < 4.78 is 12.5. The van der Waals surface area contributed by atoms with Crippen molar-refractivity contribution in [2.24, 2.45) is 0 Å². The minimum atomic E-state index is -0.989. The predicted molar refractivity (Wildman–Crippen MR) is 188 cm³/mol. The number of carboxylic acid groups (broad SMARTS) is 1. The Morgan fingerprint density at radius 2 is 1.82 bits per heavy atom. The van der Waals surface area contributed by atoms with E-state index in [0.717, 1.165) is 43.6 Å². The van der Waals surface area contributed by atoms with Gasteiger partial charge in [-0.25, -0.2) is 4.79 Å². The standard InChI is InChI=1S/C34H38Cl2N2O5S2/c1-3-14-37(15-4-2)17-19-43-30-13-8-24(28-12-9-26(35)22-29(28)36)20-25(30)21-31-32(39)38(34(44)45-31)16-5-18-42-27-10-6-23(7-11-27)33(40)41/h6-11,13,20-22,28H,3-5,12,14-19H2,1-2H3,(H,40,41)/b31-21-. The second-order valence-electron chi connectivity index (χ2n) is 10.8. The molecule has 1 unspecified atom stereocenters. The van der Waals surface area contributed by atoms with Crippen LogP contribution in [0, 0.1) is 0 Å². The number of thiocarbonyl (C=S) groups is 1. The quantitative estimate of drug-likeness (QED) is 0.107. The molecule has 0 aromatic heterocycles. The highest BCUT2D eigenvalue weighted by Crippen LogP contribution is 2.40. The number of halogens is 2. The van der Waals surface area contributed by atoms with E-state index in [0.29, 0.717) is 63.4 Å². The molecule has 45 heavy (non-hydrogen) atoms. The monoisotopic (exact) mass is 688 g/mol. The smallest absolute Gasteiger partial charge is 0.335 e. The summed E-state index contributed by atoms with van der Waals surface area (Å²) >= 11 is 19.6. The molecule has 240 valence electrons. The van der Waals surface area contributed by atoms with Crippen LogP contribution >= 0.6 is 47.2 Å². The molecule has 1 aliphatic carbocycles. The SMILES string of the molecule is CCCN(CCC)CCOc1ccc(C2CC=C(Cl)C=C2Cl)cc1/C=C1\SC(=S)N(CCCOc2ccc(C(=O)O)cc2)C1=O. The normalized spacial score (nSPS) is 17.6. The second-order valence-corrected chi connectivity index (χ2v) is 13.3. The number of nitrogens with zero attached hydrogens (tertiary/aromatic N) is 2. The zero-order valence-electron chi connectivity index (χ0n) is 25.5. The number of carbonyl (C=O) groups is 2. The van der Waals surface area contributed by atoms with Crippen LogP contribution in [0.15, 0.2) is 69.6 Å². The number of hydrogen-bond donors (Lipinski definition) is 1. The van der Waals surface area contributed by atoms with Crippen LogP contribution in [0.25, 0.3) is 6.08 Å². The molecule has 2 aliphatic rings. The molecule has 0 spiro atoms. The molecule has 2 aromatic carbocycles. The molecule has 0 radical (unpaired) electrons. The molecule has 7 nitrogen and oxygen atoms in total. The van der Waals surface area contributed by atoms with Gasteiger partial charge >= 0.3 is 5.97 Å². The molecular weight excluding hydrogens is 651 g/mol. The van der Waals surface area contributed by atoms with Gasteiger partial charge in [-0.3, -0.25) is 14.6 Å². The number of allylic oxidation sites excluding steroid dienone is 4. The molecule has 0 saturated carbocycles. The molecule has 4 rings (SSSR count). The third-order valence-electron chi connectivity index (χ3n) is 7.39. The summed E-state index contributed by atoms with van der Waals surface area (Å²) in [6, 6.07) is 12.2. The van der Waals surface area contributed by atoms with Crippen LogP contribution in [0.5, 0.6) is 11.5 Å². The van der Waals surface area contributed by atoms with Gasteiger partial charge in [0.2, 0.25) is 0 Å². The summed E-state index contributed by atoms with van der Waals surface area (Å²) in [6.45, 7) is 8.51. The number of ether oxygens (including phenoxy) is 2. The van der Waals surface area contributed by atoms with Gasteiger partial charge in [0.15, 0.2) is 0 Å². The van der Waals surface area contributed by atoms with E-state index >= 15 is 0 Å². The number of benzene rings is 2. The average Bonchev–Trinajstić information content (AvgIpc) is 3.27. The zero-order chi connectivity index (χ0) is 32.3. The fourth-order valence-electron chi connectivity index (χ4n) is 5.15. The Morgan fingerprint density at radius 3 is 2.49 bits per heavy atom. The summed E-state index contributed by atoms with van der Waals surface area (Å²) in [5.41, 5.74) is 2.00. The van der Waals surface area contributed by atoms with E-state index in [2.05, 4.69) is 18.7 Å². The first kappa shape index (κ1) is 35.0. The number of rotatable bonds is 16. The van der Waals surface area contributed by atoms with Crippen molar-refractivity contribution in [2.45, 2.75) is 45.4 Å². The van der Waals surface area contributed by atoms with E-state index in [1.807, 2.05) is 30.4 Å². The highest BCUT2D eigenvalue weighted by Gasteiger charge is 2.32. The molecule has 0 bridgehead atoms. The van der Waals surface area contributed by atoms with Gasteiger partial charge in [-0.2, -0.15) is 0 Å². The summed E-state index contributed by atoms with van der Waals surface area (Å²) in [6.07, 6.45) is 9.00. The molecule has 1 heterocycles. The van der Waals surface area contributed by atoms with Gasteiger partial charge in [0.05, 0.1) is 17.1 Å². The predicted octanol–water partition coefficient (Wildman–Crippen LogP) is 8.29. The lowest BCUT2D eigenvalue weighted by atomic mass is 9.91. The second kappa shape index (κ2) is 17.2. The molecule has 1 saturated heterocycles. The largest absolute Gasteiger partial charge is 0.494 e. The number of aromatic carboxylic acids is 1. The maximum absolute atomic E-state index is 13.5. The molecule has 1 fully saturated rings. The van der Waals surface area contributed by atoms with Crippen LogP contribution in [-0.2, 0) is 4.79 Å². The Labute approximate surface area is 284 Å².